The zero-order chi connectivity index (χ0) is 14.4. The average molecular weight is 269 g/mol. The third-order valence-corrected chi connectivity index (χ3v) is 3.89. The minimum absolute atomic E-state index is 0.180. The van der Waals surface area contributed by atoms with Crippen LogP contribution in [0.25, 0.3) is 0 Å². The van der Waals surface area contributed by atoms with Crippen LogP contribution in [0.4, 0.5) is 8.78 Å². The lowest BCUT2D eigenvalue weighted by molar-refractivity contribution is 0.00578. The van der Waals surface area contributed by atoms with E-state index in [4.69, 9.17) is 15.0 Å². The Balaban J connectivity index is 2.24. The van der Waals surface area contributed by atoms with Gasteiger partial charge in [-0.15, -0.1) is 0 Å². The summed E-state index contributed by atoms with van der Waals surface area (Å²) in [4.78, 5) is 0. The Morgan fingerprint density at radius 3 is 2.11 bits per heavy atom. The summed E-state index contributed by atoms with van der Waals surface area (Å²) >= 11 is 0. The van der Waals surface area contributed by atoms with Crippen LogP contribution in [0, 0.1) is 11.6 Å². The number of halogens is 2. The molecule has 0 aliphatic carbocycles. The third kappa shape index (κ3) is 2.52. The molecule has 2 N–H and O–H groups in total. The normalized spacial score (nSPS) is 22.6. The van der Waals surface area contributed by atoms with E-state index in [9.17, 15) is 8.78 Å². The maximum absolute atomic E-state index is 13.7. The second-order valence-electron chi connectivity index (χ2n) is 5.82. The van der Waals surface area contributed by atoms with Gasteiger partial charge < -0.3 is 15.0 Å². The van der Waals surface area contributed by atoms with Gasteiger partial charge in [0.05, 0.1) is 17.1 Å². The van der Waals surface area contributed by atoms with Crippen LogP contribution in [-0.2, 0) is 9.31 Å². The quantitative estimate of drug-likeness (QED) is 0.839. The number of nitrogens with two attached hydrogens (primary N) is 1. The van der Waals surface area contributed by atoms with Crippen molar-refractivity contribution < 1.29 is 18.1 Å². The summed E-state index contributed by atoms with van der Waals surface area (Å²) in [5.74, 6) is -2.13. The average Bonchev–Trinajstić information content (AvgIpc) is 2.47. The second-order valence-corrected chi connectivity index (χ2v) is 5.82. The molecule has 3 nitrogen and oxygen atoms in total. The summed E-state index contributed by atoms with van der Waals surface area (Å²) in [7, 11) is -0.759. The minimum Gasteiger partial charge on any atom is -0.402 e. The van der Waals surface area contributed by atoms with Crippen LogP contribution in [-0.4, -0.2) is 18.3 Å². The van der Waals surface area contributed by atoms with Gasteiger partial charge in [-0.2, -0.15) is 0 Å². The highest BCUT2D eigenvalue weighted by Gasteiger charge is 2.53. The molecule has 0 unspecified atom stereocenters. The molecule has 0 aromatic heterocycles. The standard InChI is InChI=1S/C13H18BF2NO2/c1-12(2)13(3,4)19-14(18-12)11(17)9-6-5-8(15)7-10(9)16/h5-7,11H,17H2,1-4H3/t11-/m1/s1. The van der Waals surface area contributed by atoms with Crippen molar-refractivity contribution >= 4 is 7.12 Å². The lowest BCUT2D eigenvalue weighted by atomic mass is 9.74. The fourth-order valence-corrected chi connectivity index (χ4v) is 1.95. The second kappa shape index (κ2) is 4.54. The van der Waals surface area contributed by atoms with Crippen molar-refractivity contribution in [3.05, 3.63) is 35.4 Å². The summed E-state index contributed by atoms with van der Waals surface area (Å²) in [6, 6.07) is 3.30. The van der Waals surface area contributed by atoms with E-state index in [-0.39, 0.29) is 5.56 Å². The van der Waals surface area contributed by atoms with Crippen molar-refractivity contribution in [2.24, 2.45) is 5.73 Å². The van der Waals surface area contributed by atoms with Gasteiger partial charge in [0.15, 0.2) is 0 Å². The molecule has 1 aliphatic heterocycles. The van der Waals surface area contributed by atoms with Gasteiger partial charge in [0.2, 0.25) is 0 Å². The van der Waals surface area contributed by atoms with Gasteiger partial charge in [-0.05, 0) is 33.8 Å². The number of benzene rings is 1. The summed E-state index contributed by atoms with van der Waals surface area (Å²) in [6.45, 7) is 7.56. The molecular weight excluding hydrogens is 251 g/mol. The van der Waals surface area contributed by atoms with Crippen molar-refractivity contribution in [3.8, 4) is 0 Å². The molecule has 2 rings (SSSR count). The molecule has 1 aliphatic rings. The molecule has 0 spiro atoms. The molecule has 6 heteroatoms. The van der Waals surface area contributed by atoms with Crippen molar-refractivity contribution in [1.82, 2.24) is 0 Å². The Hall–Kier alpha value is -0.975. The maximum Gasteiger partial charge on any atom is 0.480 e. The topological polar surface area (TPSA) is 44.5 Å². The molecule has 104 valence electrons. The van der Waals surface area contributed by atoms with E-state index in [0.717, 1.165) is 6.07 Å². The van der Waals surface area contributed by atoms with E-state index in [2.05, 4.69) is 0 Å². The lowest BCUT2D eigenvalue weighted by Gasteiger charge is -2.32. The molecule has 0 radical (unpaired) electrons. The largest absolute Gasteiger partial charge is 0.480 e. The van der Waals surface area contributed by atoms with Crippen LogP contribution in [0.15, 0.2) is 18.2 Å². The maximum atomic E-state index is 13.7. The monoisotopic (exact) mass is 269 g/mol. The van der Waals surface area contributed by atoms with Gasteiger partial charge in [-0.1, -0.05) is 6.07 Å². The lowest BCUT2D eigenvalue weighted by Crippen LogP contribution is -2.41. The Bertz CT molecular complexity index is 478. The fourth-order valence-electron chi connectivity index (χ4n) is 1.95. The number of rotatable bonds is 2. The molecule has 0 amide bonds. The highest BCUT2D eigenvalue weighted by atomic mass is 19.1. The van der Waals surface area contributed by atoms with Gasteiger partial charge in [-0.25, -0.2) is 8.78 Å². The molecule has 1 saturated heterocycles. The zero-order valence-electron chi connectivity index (χ0n) is 11.5. The van der Waals surface area contributed by atoms with Crippen molar-refractivity contribution in [2.75, 3.05) is 0 Å². The van der Waals surface area contributed by atoms with Crippen molar-refractivity contribution in [2.45, 2.75) is 44.8 Å². The molecular formula is C13H18BF2NO2. The first kappa shape index (κ1) is 14.4. The van der Waals surface area contributed by atoms with Crippen LogP contribution in [0.5, 0.6) is 0 Å². The fraction of sp³-hybridized carbons (Fsp3) is 0.538. The Labute approximate surface area is 112 Å². The van der Waals surface area contributed by atoms with E-state index >= 15 is 0 Å². The predicted octanol–water partition coefficient (Wildman–Crippen LogP) is 2.60. The van der Waals surface area contributed by atoms with Gasteiger partial charge in [0, 0.05) is 11.6 Å². The molecule has 1 atom stereocenters. The molecule has 1 fully saturated rings. The van der Waals surface area contributed by atoms with Crippen LogP contribution >= 0.6 is 0 Å². The van der Waals surface area contributed by atoms with Gasteiger partial charge in [-0.3, -0.25) is 0 Å². The van der Waals surface area contributed by atoms with Crippen molar-refractivity contribution in [1.29, 1.82) is 0 Å². The number of hydrogen-bond donors (Lipinski definition) is 1. The third-order valence-electron chi connectivity index (χ3n) is 3.89. The molecule has 0 saturated carbocycles. The smallest absolute Gasteiger partial charge is 0.402 e. The van der Waals surface area contributed by atoms with Crippen LogP contribution < -0.4 is 5.73 Å². The highest BCUT2D eigenvalue weighted by molar-refractivity contribution is 6.47. The molecule has 1 aromatic rings. The molecule has 0 bridgehead atoms. The van der Waals surface area contributed by atoms with E-state index in [1.54, 1.807) is 0 Å². The Kier molecular flexibility index (Phi) is 3.45. The van der Waals surface area contributed by atoms with E-state index in [1.165, 1.54) is 12.1 Å². The summed E-state index contributed by atoms with van der Waals surface area (Å²) in [6.07, 6.45) is 0. The predicted molar refractivity (Wildman–Crippen MR) is 69.4 cm³/mol. The van der Waals surface area contributed by atoms with Crippen LogP contribution in [0.2, 0.25) is 0 Å². The minimum atomic E-state index is -0.804. The van der Waals surface area contributed by atoms with Crippen molar-refractivity contribution in [3.63, 3.8) is 0 Å². The molecule has 1 heterocycles. The van der Waals surface area contributed by atoms with E-state index in [0.29, 0.717) is 0 Å². The first-order chi connectivity index (χ1) is 8.64. The molecule has 19 heavy (non-hydrogen) atoms. The van der Waals surface area contributed by atoms with E-state index < -0.39 is 35.9 Å². The Morgan fingerprint density at radius 2 is 1.63 bits per heavy atom. The van der Waals surface area contributed by atoms with Crippen LogP contribution in [0.1, 0.15) is 39.2 Å². The van der Waals surface area contributed by atoms with Crippen LogP contribution in [0.3, 0.4) is 0 Å². The molecule has 1 aromatic carbocycles. The van der Waals surface area contributed by atoms with E-state index in [1.807, 2.05) is 27.7 Å². The Morgan fingerprint density at radius 1 is 1.11 bits per heavy atom. The first-order valence-electron chi connectivity index (χ1n) is 6.20. The van der Waals surface area contributed by atoms with Gasteiger partial charge >= 0.3 is 7.12 Å². The summed E-state index contributed by atoms with van der Waals surface area (Å²) in [5, 5.41) is 0. The highest BCUT2D eigenvalue weighted by Crippen LogP contribution is 2.39. The van der Waals surface area contributed by atoms with Gasteiger partial charge in [0.25, 0.3) is 0 Å². The number of hydrogen-bond acceptors (Lipinski definition) is 3. The summed E-state index contributed by atoms with van der Waals surface area (Å²) < 4.78 is 38.1. The first-order valence-corrected chi connectivity index (χ1v) is 6.20. The zero-order valence-corrected chi connectivity index (χ0v) is 11.5. The SMILES string of the molecule is CC1(C)OB([C@H](N)c2ccc(F)cc2F)OC1(C)C. The summed E-state index contributed by atoms with van der Waals surface area (Å²) in [5.41, 5.74) is 5.09. The van der Waals surface area contributed by atoms with Gasteiger partial charge in [0.1, 0.15) is 11.6 Å².